The summed E-state index contributed by atoms with van der Waals surface area (Å²) >= 11 is 0. The molecule has 0 rings (SSSR count). The molecule has 0 aliphatic carbocycles. The van der Waals surface area contributed by atoms with Gasteiger partial charge in [-0.15, -0.1) is 0 Å². The topological polar surface area (TPSA) is 0 Å². The van der Waals surface area contributed by atoms with Crippen LogP contribution in [0, 0.1) is 0 Å². The molecule has 0 aromatic rings. The van der Waals surface area contributed by atoms with Crippen LogP contribution in [-0.4, -0.2) is 0 Å². The van der Waals surface area contributed by atoms with Crippen molar-refractivity contribution in [2.24, 2.45) is 0 Å². The molecule has 0 fully saturated rings. The third kappa shape index (κ3) is 1.74. The first-order valence-corrected chi connectivity index (χ1v) is 1.25. The molecule has 4 heavy (non-hydrogen) atoms. The highest BCUT2D eigenvalue weighted by Crippen LogP contribution is 1.57. The molecule has 0 nitrogen and oxygen atoms in total. The Kier molecular flexibility index (Phi) is 0.584. The minimum Gasteiger partial charge on any atom is -0.0919 e. The van der Waals surface area contributed by atoms with Crippen LogP contribution in [0.3, 0.4) is 0 Å². The molecular formula is C4H10. The zero-order valence-corrected chi connectivity index (χ0v) is 3.00. The largest absolute Gasteiger partial charge is 0.0919 e. The van der Waals surface area contributed by atoms with Crippen molar-refractivity contribution < 1.29 is 5.71 Å². The minimum absolute atomic E-state index is 0.343. The maximum atomic E-state index is 6.72. The van der Waals surface area contributed by atoms with Crippen LogP contribution in [0.4, 0.5) is 0 Å². The maximum Gasteiger partial charge on any atom is 0.0569 e. The van der Waals surface area contributed by atoms with Crippen molar-refractivity contribution >= 4 is 0 Å². The van der Waals surface area contributed by atoms with Crippen molar-refractivity contribution in [3.63, 3.8) is 0 Å². The molecule has 0 amide bonds. The van der Waals surface area contributed by atoms with Gasteiger partial charge in [0.15, 0.2) is 0 Å². The van der Waals surface area contributed by atoms with Crippen LogP contribution in [0.15, 0.2) is 12.1 Å². The van der Waals surface area contributed by atoms with E-state index in [1.165, 1.54) is 0 Å². The van der Waals surface area contributed by atoms with E-state index in [0.29, 0.717) is 12.1 Å². The molecule has 0 bridgehead atoms. The van der Waals surface area contributed by atoms with Crippen molar-refractivity contribution in [3.8, 4) is 0 Å². The monoisotopic (exact) mass is 62.1 g/mol. The third-order valence-electron chi connectivity index (χ3n) is 0.250. The van der Waals surface area contributed by atoms with Gasteiger partial charge in [0.25, 0.3) is 0 Å². The summed E-state index contributed by atoms with van der Waals surface area (Å²) in [6.45, 7) is 3.20. The van der Waals surface area contributed by atoms with E-state index in [4.69, 9.17) is 5.71 Å². The first-order valence-electron chi connectivity index (χ1n) is 3.25. The van der Waals surface area contributed by atoms with Gasteiger partial charge in [0, 0.05) is 2.97 Å². The molecule has 0 saturated carbocycles. The summed E-state index contributed by atoms with van der Waals surface area (Å²) in [6.07, 6.45) is 0. The van der Waals surface area contributed by atoms with Crippen LogP contribution in [0.5, 0.6) is 0 Å². The van der Waals surface area contributed by atoms with Gasteiger partial charge in [-0.25, -0.2) is 0 Å². The standard InChI is InChI=1S/C4H8.H2/c1-3-4-2;/h3-4H,1-2H3;1H/b4-3+;/i3D,4D;1+1D. The molecule has 0 unspecified atom stereocenters. The Morgan fingerprint density at radius 1 is 2.00 bits per heavy atom. The molecule has 0 saturated heterocycles. The number of allylic oxidation sites excluding steroid dienone is 2. The molecule has 0 aliphatic rings. The molecule has 0 spiro atoms. The lowest BCUT2D eigenvalue weighted by Gasteiger charge is -1.49. The van der Waals surface area contributed by atoms with Gasteiger partial charge in [-0.3, -0.25) is 0 Å². The Balaban J connectivity index is 0. The Morgan fingerprint density at radius 2 is 2.25 bits per heavy atom. The molecular weight excluding hydrogens is 48.0 g/mol. The normalized spacial score (nSPS) is 23.5. The summed E-state index contributed by atoms with van der Waals surface area (Å²) in [7, 11) is 0. The van der Waals surface area contributed by atoms with Gasteiger partial charge >= 0.3 is 0 Å². The number of hydrogen-bond acceptors (Lipinski definition) is 0. The van der Waals surface area contributed by atoms with Crippen LogP contribution in [-0.2, 0) is 0 Å². The molecule has 0 heteroatoms. The van der Waals surface area contributed by atoms with Crippen LogP contribution in [0.2, 0.25) is 0 Å². The quantitative estimate of drug-likeness (QED) is 0.375. The SMILES string of the molecule is [2H]/C(C)=C(/[2H])C.[2H][2H]. The number of rotatable bonds is 0. The lowest BCUT2D eigenvalue weighted by atomic mass is 10.6. The lowest BCUT2D eigenvalue weighted by Crippen LogP contribution is -1.26. The van der Waals surface area contributed by atoms with Crippen LogP contribution in [0.1, 0.15) is 19.6 Å². The highest BCUT2D eigenvalue weighted by Gasteiger charge is 1.34. The zero-order valence-electron chi connectivity index (χ0n) is 7.00. The first kappa shape index (κ1) is 0.852. The Labute approximate surface area is 33.0 Å². The zero-order chi connectivity index (χ0) is 7.15. The molecule has 0 heterocycles. The Morgan fingerprint density at radius 3 is 2.25 bits per heavy atom. The fraction of sp³-hybridized carbons (Fsp3) is 0.500. The Hall–Kier alpha value is -0.260. The fourth-order valence-electron chi connectivity index (χ4n) is 0. The van der Waals surface area contributed by atoms with E-state index in [1.807, 2.05) is 0 Å². The molecule has 0 atom stereocenters. The van der Waals surface area contributed by atoms with Crippen molar-refractivity contribution in [1.82, 2.24) is 0 Å². The predicted molar refractivity (Wildman–Crippen MR) is 22.6 cm³/mol. The second-order valence-electron chi connectivity index (χ2n) is 0.500. The summed E-state index contributed by atoms with van der Waals surface area (Å²) in [5, 5.41) is 0. The smallest absolute Gasteiger partial charge is 0.0569 e. The predicted octanol–water partition coefficient (Wildman–Crippen LogP) is 1.83. The second kappa shape index (κ2) is 2.74. The molecule has 26 valence electrons. The third-order valence-corrected chi connectivity index (χ3v) is 0.250. The van der Waals surface area contributed by atoms with E-state index in [9.17, 15) is 0 Å². The molecule has 0 radical (unpaired) electrons. The van der Waals surface area contributed by atoms with Crippen molar-refractivity contribution in [2.45, 2.75) is 13.8 Å². The summed E-state index contributed by atoms with van der Waals surface area (Å²) in [6, 6.07) is 0.685. The van der Waals surface area contributed by atoms with Gasteiger partial charge in [-0.1, -0.05) is 12.1 Å². The first-order chi connectivity index (χ1) is 3.64. The summed E-state index contributed by atoms with van der Waals surface area (Å²) in [5.41, 5.74) is 0. The van der Waals surface area contributed by atoms with Gasteiger partial charge in [0.2, 0.25) is 0 Å². The summed E-state index contributed by atoms with van der Waals surface area (Å²) < 4.78 is 23.4. The average Bonchev–Trinajstić information content (AvgIpc) is 1.72. The molecule has 0 aromatic heterocycles. The fourth-order valence-corrected chi connectivity index (χ4v) is 0. The highest BCUT2D eigenvalue weighted by atomic mass is 13.4. The van der Waals surface area contributed by atoms with Crippen LogP contribution in [0.25, 0.3) is 0 Å². The van der Waals surface area contributed by atoms with Crippen LogP contribution >= 0.6 is 0 Å². The van der Waals surface area contributed by atoms with Crippen LogP contribution < -0.4 is 0 Å². The van der Waals surface area contributed by atoms with Gasteiger partial charge < -0.3 is 0 Å². The van der Waals surface area contributed by atoms with E-state index in [0.717, 1.165) is 0 Å². The van der Waals surface area contributed by atoms with Gasteiger partial charge in [0.1, 0.15) is 0 Å². The van der Waals surface area contributed by atoms with Gasteiger partial charge in [-0.2, -0.15) is 0 Å². The minimum atomic E-state index is 0.343. The van der Waals surface area contributed by atoms with E-state index >= 15 is 0 Å². The molecule has 0 N–H and O–H groups in total. The van der Waals surface area contributed by atoms with Crippen molar-refractivity contribution in [3.05, 3.63) is 12.1 Å². The van der Waals surface area contributed by atoms with Crippen molar-refractivity contribution in [2.75, 3.05) is 0 Å². The number of hydrogen-bond donors (Lipinski definition) is 0. The molecule has 0 aromatic carbocycles. The maximum absolute atomic E-state index is 6.72. The van der Waals surface area contributed by atoms with E-state index in [1.54, 1.807) is 13.8 Å². The van der Waals surface area contributed by atoms with Crippen molar-refractivity contribution in [1.29, 1.82) is 0 Å². The molecule has 0 aliphatic heterocycles. The second-order valence-corrected chi connectivity index (χ2v) is 0.500. The van der Waals surface area contributed by atoms with E-state index in [2.05, 4.69) is 0 Å². The average molecular weight is 62.1 g/mol. The van der Waals surface area contributed by atoms with E-state index in [-0.39, 0.29) is 0 Å². The lowest BCUT2D eigenvalue weighted by molar-refractivity contribution is 1.64. The highest BCUT2D eigenvalue weighted by molar-refractivity contribution is 4.68. The van der Waals surface area contributed by atoms with Gasteiger partial charge in [-0.05, 0) is 13.8 Å². The Bertz CT molecular complexity index is 58.1. The summed E-state index contributed by atoms with van der Waals surface area (Å²) in [4.78, 5) is 0. The van der Waals surface area contributed by atoms with E-state index < -0.39 is 0 Å². The summed E-state index contributed by atoms with van der Waals surface area (Å²) in [5.74, 6) is 0. The van der Waals surface area contributed by atoms with Gasteiger partial charge in [0.05, 0.1) is 2.74 Å².